The van der Waals surface area contributed by atoms with Crippen LogP contribution in [0, 0.1) is 17.4 Å². The number of piperidine rings is 1. The van der Waals surface area contributed by atoms with Crippen LogP contribution in [0.1, 0.15) is 27.7 Å². The molecule has 2 heterocycles. The van der Waals surface area contributed by atoms with E-state index in [1.807, 2.05) is 42.6 Å². The van der Waals surface area contributed by atoms with Gasteiger partial charge in [0, 0.05) is 52.3 Å². The number of ether oxygens (including phenoxy) is 1. The van der Waals surface area contributed by atoms with Crippen molar-refractivity contribution in [3.63, 3.8) is 0 Å². The summed E-state index contributed by atoms with van der Waals surface area (Å²) in [6.45, 7) is 17.4. The Morgan fingerprint density at radius 2 is 1.49 bits per heavy atom. The van der Waals surface area contributed by atoms with Crippen LogP contribution < -0.4 is 9.64 Å². The van der Waals surface area contributed by atoms with Gasteiger partial charge in [-0.3, -0.25) is 4.98 Å². The molecule has 0 amide bonds. The van der Waals surface area contributed by atoms with Gasteiger partial charge in [0.15, 0.2) is 5.69 Å². The Balaban J connectivity index is 1.51. The third-order valence-electron chi connectivity index (χ3n) is 7.58. The highest BCUT2D eigenvalue weighted by Gasteiger charge is 2.46. The SMILES string of the molecule is [C-]#[N+]c1ccc(-c2cccc3c(OC)c(-c4ccc(N5CC(C)(C)C(O)C(C)(C)C5)cc4)cnc23)cc1. The minimum absolute atomic E-state index is 0.195. The van der Waals surface area contributed by atoms with Gasteiger partial charge in [-0.25, -0.2) is 4.85 Å². The van der Waals surface area contributed by atoms with Crippen molar-refractivity contribution in [2.45, 2.75) is 33.8 Å². The van der Waals surface area contributed by atoms with Crippen molar-refractivity contribution in [2.75, 3.05) is 25.1 Å². The van der Waals surface area contributed by atoms with Crippen LogP contribution in [0.5, 0.6) is 5.75 Å². The average Bonchev–Trinajstić information content (AvgIpc) is 2.90. The number of fused-ring (bicyclic) bond motifs is 1. The van der Waals surface area contributed by atoms with Crippen molar-refractivity contribution in [3.8, 4) is 28.0 Å². The molecule has 1 saturated heterocycles. The van der Waals surface area contributed by atoms with Gasteiger partial charge in [0.2, 0.25) is 0 Å². The van der Waals surface area contributed by atoms with Gasteiger partial charge in [-0.15, -0.1) is 0 Å². The second kappa shape index (κ2) is 9.21. The van der Waals surface area contributed by atoms with E-state index < -0.39 is 0 Å². The number of benzene rings is 3. The molecule has 0 aliphatic carbocycles. The normalized spacial score (nSPS) is 16.9. The lowest BCUT2D eigenvalue weighted by molar-refractivity contribution is -0.0531. The van der Waals surface area contributed by atoms with Crippen LogP contribution in [-0.2, 0) is 0 Å². The maximum Gasteiger partial charge on any atom is 0.187 e. The zero-order chi connectivity index (χ0) is 26.4. The second-order valence-corrected chi connectivity index (χ2v) is 11.3. The first-order chi connectivity index (χ1) is 17.6. The molecule has 0 saturated carbocycles. The van der Waals surface area contributed by atoms with E-state index in [1.54, 1.807) is 7.11 Å². The predicted octanol–water partition coefficient (Wildman–Crippen LogP) is 7.36. The molecule has 1 aromatic heterocycles. The number of aliphatic hydroxyl groups is 1. The molecule has 5 nitrogen and oxygen atoms in total. The van der Waals surface area contributed by atoms with Crippen molar-refractivity contribution >= 4 is 22.3 Å². The van der Waals surface area contributed by atoms with Crippen LogP contribution in [0.4, 0.5) is 11.4 Å². The highest BCUT2D eigenvalue weighted by molar-refractivity contribution is 6.00. The third kappa shape index (κ3) is 4.43. The number of para-hydroxylation sites is 1. The number of hydrogen-bond donors (Lipinski definition) is 1. The maximum absolute atomic E-state index is 10.8. The quantitative estimate of drug-likeness (QED) is 0.303. The van der Waals surface area contributed by atoms with Crippen molar-refractivity contribution in [1.29, 1.82) is 0 Å². The maximum atomic E-state index is 10.8. The topological polar surface area (TPSA) is 50.0 Å². The number of rotatable bonds is 4. The molecular weight excluding hydrogens is 458 g/mol. The molecule has 5 heteroatoms. The van der Waals surface area contributed by atoms with Crippen LogP contribution in [0.2, 0.25) is 0 Å². The Hall–Kier alpha value is -3.88. The molecule has 0 radical (unpaired) electrons. The molecule has 0 spiro atoms. The summed E-state index contributed by atoms with van der Waals surface area (Å²) in [5, 5.41) is 11.8. The van der Waals surface area contributed by atoms with Crippen LogP contribution in [0.3, 0.4) is 0 Å². The van der Waals surface area contributed by atoms with Crippen LogP contribution in [0.15, 0.2) is 72.9 Å². The lowest BCUT2D eigenvalue weighted by Gasteiger charge is -2.51. The summed E-state index contributed by atoms with van der Waals surface area (Å²) in [6, 6.07) is 22.3. The molecule has 37 heavy (non-hydrogen) atoms. The van der Waals surface area contributed by atoms with Crippen molar-refractivity contribution in [3.05, 3.63) is 84.3 Å². The molecule has 188 valence electrons. The number of nitrogens with zero attached hydrogens (tertiary/aromatic N) is 3. The van der Waals surface area contributed by atoms with Gasteiger partial charge in [0.05, 0.1) is 25.3 Å². The molecule has 3 aromatic carbocycles. The summed E-state index contributed by atoms with van der Waals surface area (Å²) in [7, 11) is 1.70. The van der Waals surface area contributed by atoms with E-state index in [0.29, 0.717) is 5.69 Å². The fourth-order valence-electron chi connectivity index (χ4n) is 5.88. The van der Waals surface area contributed by atoms with E-state index in [9.17, 15) is 5.11 Å². The molecular formula is C32H33N3O2. The average molecular weight is 492 g/mol. The van der Waals surface area contributed by atoms with E-state index >= 15 is 0 Å². The Labute approximate surface area is 219 Å². The molecule has 0 unspecified atom stereocenters. The van der Waals surface area contributed by atoms with E-state index in [1.165, 1.54) is 0 Å². The van der Waals surface area contributed by atoms with E-state index in [0.717, 1.165) is 57.7 Å². The summed E-state index contributed by atoms with van der Waals surface area (Å²) >= 11 is 0. The molecule has 0 atom stereocenters. The number of anilines is 1. The Bertz CT molecular complexity index is 1460. The molecule has 0 bridgehead atoms. The largest absolute Gasteiger partial charge is 0.495 e. The highest BCUT2D eigenvalue weighted by atomic mass is 16.5. The van der Waals surface area contributed by atoms with Crippen molar-refractivity contribution in [2.24, 2.45) is 10.8 Å². The standard InChI is InChI=1S/C32H33N3O2/c1-31(2)19-35(20-32(3,4)30(31)36)24-16-12-22(13-17-24)27-18-34-28-25(8-7-9-26(28)29(27)37-6)21-10-14-23(33-5)15-11-21/h7-18,30,36H,19-20H2,1-4,6H3. The minimum atomic E-state index is -0.348. The first kappa shape index (κ1) is 24.8. The zero-order valence-electron chi connectivity index (χ0n) is 22.1. The zero-order valence-corrected chi connectivity index (χ0v) is 22.1. The first-order valence-corrected chi connectivity index (χ1v) is 12.6. The van der Waals surface area contributed by atoms with Crippen LogP contribution in [0.25, 0.3) is 38.0 Å². The molecule has 1 N–H and O–H groups in total. The lowest BCUT2D eigenvalue weighted by Crippen LogP contribution is -2.58. The molecule has 1 aliphatic rings. The summed E-state index contributed by atoms with van der Waals surface area (Å²) in [5.41, 5.74) is 6.25. The van der Waals surface area contributed by atoms with Gasteiger partial charge in [0.25, 0.3) is 0 Å². The Morgan fingerprint density at radius 1 is 0.892 bits per heavy atom. The third-order valence-corrected chi connectivity index (χ3v) is 7.58. The van der Waals surface area contributed by atoms with Gasteiger partial charge < -0.3 is 14.7 Å². The van der Waals surface area contributed by atoms with Gasteiger partial charge in [-0.1, -0.05) is 76.2 Å². The van der Waals surface area contributed by atoms with Crippen molar-refractivity contribution in [1.82, 2.24) is 4.98 Å². The Morgan fingerprint density at radius 3 is 2.08 bits per heavy atom. The monoisotopic (exact) mass is 491 g/mol. The summed E-state index contributed by atoms with van der Waals surface area (Å²) in [4.78, 5) is 10.7. The van der Waals surface area contributed by atoms with Crippen molar-refractivity contribution < 1.29 is 9.84 Å². The van der Waals surface area contributed by atoms with Gasteiger partial charge in [-0.05, 0) is 29.3 Å². The second-order valence-electron chi connectivity index (χ2n) is 11.3. The molecule has 1 aliphatic heterocycles. The number of aliphatic hydroxyl groups excluding tert-OH is 1. The molecule has 1 fully saturated rings. The van der Waals surface area contributed by atoms with Crippen LogP contribution >= 0.6 is 0 Å². The van der Waals surface area contributed by atoms with Crippen LogP contribution in [-0.4, -0.2) is 36.4 Å². The van der Waals surface area contributed by atoms with E-state index in [-0.39, 0.29) is 16.9 Å². The highest BCUT2D eigenvalue weighted by Crippen LogP contribution is 2.43. The van der Waals surface area contributed by atoms with Gasteiger partial charge in [0.1, 0.15) is 5.75 Å². The number of pyridine rings is 1. The summed E-state index contributed by atoms with van der Waals surface area (Å²) < 4.78 is 5.94. The molecule has 5 rings (SSSR count). The van der Waals surface area contributed by atoms with Gasteiger partial charge in [-0.2, -0.15) is 0 Å². The van der Waals surface area contributed by atoms with E-state index in [4.69, 9.17) is 16.3 Å². The fourth-order valence-corrected chi connectivity index (χ4v) is 5.88. The first-order valence-electron chi connectivity index (χ1n) is 12.6. The molecule has 4 aromatic rings. The predicted molar refractivity (Wildman–Crippen MR) is 151 cm³/mol. The fraction of sp³-hybridized carbons (Fsp3) is 0.312. The number of methoxy groups -OCH3 is 1. The summed E-state index contributed by atoms with van der Waals surface area (Å²) in [6.07, 6.45) is 1.54. The smallest absolute Gasteiger partial charge is 0.187 e. The Kier molecular flexibility index (Phi) is 6.17. The number of hydrogen-bond acceptors (Lipinski definition) is 4. The summed E-state index contributed by atoms with van der Waals surface area (Å²) in [5.74, 6) is 0.792. The lowest BCUT2D eigenvalue weighted by atomic mass is 9.68. The minimum Gasteiger partial charge on any atom is -0.495 e. The number of aromatic nitrogens is 1. The van der Waals surface area contributed by atoms with Gasteiger partial charge >= 0.3 is 0 Å². The van der Waals surface area contributed by atoms with E-state index in [2.05, 4.69) is 67.8 Å².